The minimum Gasteiger partial charge on any atom is -0.496 e. The van der Waals surface area contributed by atoms with Gasteiger partial charge < -0.3 is 15.6 Å². The lowest BCUT2D eigenvalue weighted by atomic mass is 9.86. The van der Waals surface area contributed by atoms with Crippen molar-refractivity contribution in [2.45, 2.75) is 39.7 Å². The maximum Gasteiger partial charge on any atom is 0.127 e. The van der Waals surface area contributed by atoms with Gasteiger partial charge in [0, 0.05) is 21.5 Å². The minimum atomic E-state index is -0.178. The van der Waals surface area contributed by atoms with Gasteiger partial charge in [-0.05, 0) is 50.3 Å². The molecule has 1 atom stereocenters. The van der Waals surface area contributed by atoms with Crippen LogP contribution < -0.4 is 10.5 Å². The molecule has 1 unspecified atom stereocenters. The Hall–Kier alpha value is -0.580. The minimum absolute atomic E-state index is 0.140. The lowest BCUT2D eigenvalue weighted by Gasteiger charge is -2.27. The van der Waals surface area contributed by atoms with Crippen LogP contribution in [0.15, 0.2) is 4.47 Å². The molecule has 2 rings (SSSR count). The summed E-state index contributed by atoms with van der Waals surface area (Å²) >= 11 is 3.65. The Morgan fingerprint density at radius 3 is 2.26 bits per heavy atom. The number of aliphatic hydroxyl groups is 1. The zero-order valence-corrected chi connectivity index (χ0v) is 13.6. The molecular weight excluding hydrogens is 306 g/mol. The molecule has 0 radical (unpaired) electrons. The van der Waals surface area contributed by atoms with Gasteiger partial charge in [0.1, 0.15) is 5.75 Å². The quantitative estimate of drug-likeness (QED) is 0.893. The van der Waals surface area contributed by atoms with Crippen LogP contribution in [-0.4, -0.2) is 18.8 Å². The fourth-order valence-electron chi connectivity index (χ4n) is 2.78. The van der Waals surface area contributed by atoms with Gasteiger partial charge in [-0.3, -0.25) is 0 Å². The highest BCUT2D eigenvalue weighted by molar-refractivity contribution is 9.10. The van der Waals surface area contributed by atoms with Crippen LogP contribution in [0.5, 0.6) is 5.75 Å². The second-order valence-corrected chi connectivity index (χ2v) is 6.43. The van der Waals surface area contributed by atoms with Gasteiger partial charge in [0.15, 0.2) is 0 Å². The first kappa shape index (κ1) is 14.8. The van der Waals surface area contributed by atoms with Crippen LogP contribution in [-0.2, 0) is 0 Å². The molecule has 0 amide bonds. The zero-order valence-electron chi connectivity index (χ0n) is 12.0. The van der Waals surface area contributed by atoms with Gasteiger partial charge in [0.05, 0.1) is 13.7 Å². The van der Waals surface area contributed by atoms with E-state index in [4.69, 9.17) is 10.5 Å². The monoisotopic (exact) mass is 327 g/mol. The van der Waals surface area contributed by atoms with Crippen LogP contribution >= 0.6 is 15.9 Å². The number of aliphatic hydroxyl groups excluding tert-OH is 1. The highest BCUT2D eigenvalue weighted by atomic mass is 79.9. The third-order valence-electron chi connectivity index (χ3n) is 4.59. The molecule has 1 saturated carbocycles. The third-order valence-corrected chi connectivity index (χ3v) is 5.78. The second kappa shape index (κ2) is 5.08. The van der Waals surface area contributed by atoms with Crippen molar-refractivity contribution in [1.29, 1.82) is 0 Å². The van der Waals surface area contributed by atoms with Crippen molar-refractivity contribution >= 4 is 15.9 Å². The van der Waals surface area contributed by atoms with Crippen molar-refractivity contribution in [3.63, 3.8) is 0 Å². The number of hydrogen-bond acceptors (Lipinski definition) is 3. The molecule has 0 spiro atoms. The standard InChI is InChI=1S/C15H22BrNO2/c1-8-9(2)13(19-4)11(10(3)12(8)16)14(17)15(7-18)5-6-15/h14,18H,5-7,17H2,1-4H3. The maximum absolute atomic E-state index is 9.60. The molecule has 0 aromatic heterocycles. The molecule has 1 aromatic rings. The number of rotatable bonds is 4. The summed E-state index contributed by atoms with van der Waals surface area (Å²) < 4.78 is 6.69. The highest BCUT2D eigenvalue weighted by Gasteiger charge is 2.49. The van der Waals surface area contributed by atoms with E-state index >= 15 is 0 Å². The number of nitrogens with two attached hydrogens (primary N) is 1. The summed E-state index contributed by atoms with van der Waals surface area (Å²) in [5, 5.41) is 9.60. The summed E-state index contributed by atoms with van der Waals surface area (Å²) in [4.78, 5) is 0. The van der Waals surface area contributed by atoms with E-state index in [1.54, 1.807) is 7.11 Å². The molecule has 1 aromatic carbocycles. The van der Waals surface area contributed by atoms with Gasteiger partial charge in [-0.1, -0.05) is 15.9 Å². The fraction of sp³-hybridized carbons (Fsp3) is 0.600. The van der Waals surface area contributed by atoms with Gasteiger partial charge >= 0.3 is 0 Å². The summed E-state index contributed by atoms with van der Waals surface area (Å²) in [7, 11) is 1.68. The molecule has 0 saturated heterocycles. The Morgan fingerprint density at radius 1 is 1.26 bits per heavy atom. The first-order chi connectivity index (χ1) is 8.89. The molecule has 3 nitrogen and oxygen atoms in total. The summed E-state index contributed by atoms with van der Waals surface area (Å²) in [5.41, 5.74) is 10.7. The van der Waals surface area contributed by atoms with E-state index in [2.05, 4.69) is 29.8 Å². The van der Waals surface area contributed by atoms with Crippen LogP contribution in [0, 0.1) is 26.2 Å². The largest absolute Gasteiger partial charge is 0.496 e. The molecule has 1 fully saturated rings. The number of hydrogen-bond donors (Lipinski definition) is 2. The van der Waals surface area contributed by atoms with Crippen molar-refractivity contribution < 1.29 is 9.84 Å². The molecule has 1 aliphatic rings. The molecule has 3 N–H and O–H groups in total. The summed E-state index contributed by atoms with van der Waals surface area (Å²) in [6.45, 7) is 6.32. The Balaban J connectivity index is 2.62. The van der Waals surface area contributed by atoms with Crippen LogP contribution in [0.25, 0.3) is 0 Å². The van der Waals surface area contributed by atoms with E-state index in [9.17, 15) is 5.11 Å². The SMILES string of the molecule is COc1c(C)c(C)c(Br)c(C)c1C(N)C1(CO)CC1. The second-order valence-electron chi connectivity index (χ2n) is 5.63. The Labute approximate surface area is 123 Å². The summed E-state index contributed by atoms with van der Waals surface area (Å²) in [5.74, 6) is 0.866. The third kappa shape index (κ3) is 2.20. The predicted molar refractivity (Wildman–Crippen MR) is 80.6 cm³/mol. The molecule has 19 heavy (non-hydrogen) atoms. The first-order valence-corrected chi connectivity index (χ1v) is 7.38. The van der Waals surface area contributed by atoms with Crippen LogP contribution in [0.2, 0.25) is 0 Å². The van der Waals surface area contributed by atoms with Gasteiger partial charge in [-0.25, -0.2) is 0 Å². The lowest BCUT2D eigenvalue weighted by Crippen LogP contribution is -2.27. The molecule has 4 heteroatoms. The van der Waals surface area contributed by atoms with E-state index in [1.165, 1.54) is 5.56 Å². The van der Waals surface area contributed by atoms with Crippen LogP contribution in [0.3, 0.4) is 0 Å². The van der Waals surface area contributed by atoms with Crippen molar-refractivity contribution in [3.8, 4) is 5.75 Å². The first-order valence-electron chi connectivity index (χ1n) is 6.59. The molecular formula is C15H22BrNO2. The van der Waals surface area contributed by atoms with Gasteiger partial charge in [0.2, 0.25) is 0 Å². The molecule has 0 heterocycles. The van der Waals surface area contributed by atoms with Crippen LogP contribution in [0.4, 0.5) is 0 Å². The molecule has 0 aliphatic heterocycles. The number of methoxy groups -OCH3 is 1. The van der Waals surface area contributed by atoms with E-state index in [-0.39, 0.29) is 18.1 Å². The smallest absolute Gasteiger partial charge is 0.127 e. The van der Waals surface area contributed by atoms with Crippen molar-refractivity contribution in [2.75, 3.05) is 13.7 Å². The average molecular weight is 328 g/mol. The Bertz CT molecular complexity index is 510. The van der Waals surface area contributed by atoms with E-state index in [0.29, 0.717) is 0 Å². The Morgan fingerprint density at radius 2 is 1.84 bits per heavy atom. The summed E-state index contributed by atoms with van der Waals surface area (Å²) in [6, 6.07) is -0.178. The van der Waals surface area contributed by atoms with Crippen molar-refractivity contribution in [3.05, 3.63) is 26.7 Å². The Kier molecular flexibility index (Phi) is 3.96. The lowest BCUT2D eigenvalue weighted by molar-refractivity contribution is 0.186. The van der Waals surface area contributed by atoms with Gasteiger partial charge in [0.25, 0.3) is 0 Å². The summed E-state index contributed by atoms with van der Waals surface area (Å²) in [6.07, 6.45) is 1.97. The van der Waals surface area contributed by atoms with Crippen molar-refractivity contribution in [1.82, 2.24) is 0 Å². The molecule has 1 aliphatic carbocycles. The molecule has 106 valence electrons. The van der Waals surface area contributed by atoms with E-state index in [1.807, 2.05) is 6.92 Å². The number of halogens is 1. The topological polar surface area (TPSA) is 55.5 Å². The fourth-order valence-corrected chi connectivity index (χ4v) is 3.29. The number of ether oxygens (including phenoxy) is 1. The van der Waals surface area contributed by atoms with Gasteiger partial charge in [-0.2, -0.15) is 0 Å². The highest BCUT2D eigenvalue weighted by Crippen LogP contribution is 2.56. The van der Waals surface area contributed by atoms with Gasteiger partial charge in [-0.15, -0.1) is 0 Å². The average Bonchev–Trinajstić information content (AvgIpc) is 3.20. The predicted octanol–water partition coefficient (Wildman–Crippen LogP) is 3.16. The van der Waals surface area contributed by atoms with Crippen molar-refractivity contribution in [2.24, 2.45) is 11.1 Å². The zero-order chi connectivity index (χ0) is 14.4. The van der Waals surface area contributed by atoms with E-state index in [0.717, 1.165) is 39.8 Å². The maximum atomic E-state index is 9.60. The normalized spacial score (nSPS) is 18.3. The van der Waals surface area contributed by atoms with Crippen LogP contribution in [0.1, 0.15) is 41.1 Å². The number of benzene rings is 1. The molecule has 0 bridgehead atoms. The van der Waals surface area contributed by atoms with E-state index < -0.39 is 0 Å².